The molecule has 1 aromatic carbocycles. The molecule has 3 rings (SSSR count). The van der Waals surface area contributed by atoms with Crippen LogP contribution in [0, 0.1) is 18.7 Å². The molecule has 2 atom stereocenters. The van der Waals surface area contributed by atoms with Crippen molar-refractivity contribution in [1.82, 2.24) is 10.3 Å². The zero-order chi connectivity index (χ0) is 15.5. The van der Waals surface area contributed by atoms with Gasteiger partial charge in [-0.2, -0.15) is 0 Å². The van der Waals surface area contributed by atoms with E-state index in [-0.39, 0.29) is 11.9 Å². The van der Waals surface area contributed by atoms with Gasteiger partial charge >= 0.3 is 0 Å². The molecule has 1 fully saturated rings. The van der Waals surface area contributed by atoms with Gasteiger partial charge in [-0.05, 0) is 49.7 Å². The van der Waals surface area contributed by atoms with Gasteiger partial charge < -0.3 is 10.1 Å². The third kappa shape index (κ3) is 3.39. The molecule has 2 aromatic rings. The number of nitrogens with one attached hydrogen (secondary N) is 1. The summed E-state index contributed by atoms with van der Waals surface area (Å²) in [6.07, 6.45) is 3.66. The minimum Gasteiger partial charge on any atom is -0.485 e. The Labute approximate surface area is 134 Å². The normalized spacial score (nSPS) is 19.1. The number of hydrogen-bond donors (Lipinski definition) is 1. The average molecular weight is 321 g/mol. The van der Waals surface area contributed by atoms with E-state index in [4.69, 9.17) is 16.3 Å². The lowest BCUT2D eigenvalue weighted by molar-refractivity contribution is 0.142. The first-order chi connectivity index (χ1) is 10.6. The van der Waals surface area contributed by atoms with Gasteiger partial charge in [0, 0.05) is 29.2 Å². The van der Waals surface area contributed by atoms with Crippen LogP contribution in [-0.2, 0) is 0 Å². The van der Waals surface area contributed by atoms with E-state index >= 15 is 0 Å². The van der Waals surface area contributed by atoms with Gasteiger partial charge in [0.15, 0.2) is 0 Å². The molecule has 1 aliphatic rings. The highest BCUT2D eigenvalue weighted by Gasteiger charge is 2.29. The van der Waals surface area contributed by atoms with Gasteiger partial charge in [0.05, 0.1) is 6.20 Å². The zero-order valence-corrected chi connectivity index (χ0v) is 13.1. The molecule has 1 N–H and O–H groups in total. The standard InChI is InChI=1S/C17H18ClFN2O/c1-11-6-14(18)2-3-16(11)22-17(12-4-5-20-8-12)13-7-15(19)10-21-9-13/h2-3,6-7,9-10,12,17,20H,4-5,8H2,1H3/t12-,17+/m0/s1. The van der Waals surface area contributed by atoms with E-state index in [1.807, 2.05) is 19.1 Å². The van der Waals surface area contributed by atoms with Crippen LogP contribution < -0.4 is 10.1 Å². The summed E-state index contributed by atoms with van der Waals surface area (Å²) in [7, 11) is 0. The second-order valence-corrected chi connectivity index (χ2v) is 6.07. The molecule has 22 heavy (non-hydrogen) atoms. The van der Waals surface area contributed by atoms with Gasteiger partial charge in [-0.3, -0.25) is 4.98 Å². The van der Waals surface area contributed by atoms with Crippen LogP contribution in [0.1, 0.15) is 23.7 Å². The van der Waals surface area contributed by atoms with Crippen LogP contribution in [0.5, 0.6) is 5.75 Å². The smallest absolute Gasteiger partial charge is 0.141 e. The molecular formula is C17H18ClFN2O. The van der Waals surface area contributed by atoms with Gasteiger partial charge in [0.25, 0.3) is 0 Å². The maximum atomic E-state index is 13.5. The van der Waals surface area contributed by atoms with Crippen LogP contribution in [0.2, 0.25) is 5.02 Å². The predicted molar refractivity (Wildman–Crippen MR) is 84.7 cm³/mol. The summed E-state index contributed by atoms with van der Waals surface area (Å²) in [4.78, 5) is 3.96. The highest BCUT2D eigenvalue weighted by atomic mass is 35.5. The number of halogens is 2. The van der Waals surface area contributed by atoms with E-state index in [2.05, 4.69) is 10.3 Å². The molecule has 1 saturated heterocycles. The third-order valence-electron chi connectivity index (χ3n) is 3.97. The molecule has 5 heteroatoms. The van der Waals surface area contributed by atoms with E-state index in [9.17, 15) is 4.39 Å². The molecule has 1 aliphatic heterocycles. The molecule has 0 radical (unpaired) electrons. The average Bonchev–Trinajstić information content (AvgIpc) is 3.00. The Morgan fingerprint density at radius 3 is 2.91 bits per heavy atom. The second-order valence-electron chi connectivity index (χ2n) is 5.64. The molecule has 0 spiro atoms. The molecular weight excluding hydrogens is 303 g/mol. The number of aromatic nitrogens is 1. The number of pyridine rings is 1. The summed E-state index contributed by atoms with van der Waals surface area (Å²) in [6.45, 7) is 3.76. The molecule has 0 amide bonds. The van der Waals surface area contributed by atoms with Crippen molar-refractivity contribution in [2.75, 3.05) is 13.1 Å². The summed E-state index contributed by atoms with van der Waals surface area (Å²) in [5.74, 6) is 0.717. The first kappa shape index (κ1) is 15.3. The number of ether oxygens (including phenoxy) is 1. The van der Waals surface area contributed by atoms with Gasteiger partial charge in [0.2, 0.25) is 0 Å². The highest BCUT2D eigenvalue weighted by Crippen LogP contribution is 2.34. The predicted octanol–water partition coefficient (Wildman–Crippen LogP) is 3.91. The first-order valence-corrected chi connectivity index (χ1v) is 7.75. The lowest BCUT2D eigenvalue weighted by Crippen LogP contribution is -2.22. The van der Waals surface area contributed by atoms with Crippen molar-refractivity contribution in [3.8, 4) is 5.75 Å². The Morgan fingerprint density at radius 2 is 2.23 bits per heavy atom. The molecule has 0 unspecified atom stereocenters. The molecule has 0 saturated carbocycles. The highest BCUT2D eigenvalue weighted by molar-refractivity contribution is 6.30. The lowest BCUT2D eigenvalue weighted by Gasteiger charge is -2.25. The Morgan fingerprint density at radius 1 is 1.36 bits per heavy atom. The van der Waals surface area contributed by atoms with Crippen LogP contribution in [0.3, 0.4) is 0 Å². The Balaban J connectivity index is 1.91. The van der Waals surface area contributed by atoms with Crippen molar-refractivity contribution in [1.29, 1.82) is 0 Å². The molecule has 2 heterocycles. The van der Waals surface area contributed by atoms with Gasteiger partial charge in [0.1, 0.15) is 17.7 Å². The van der Waals surface area contributed by atoms with Gasteiger partial charge in [-0.15, -0.1) is 0 Å². The SMILES string of the molecule is Cc1cc(Cl)ccc1O[C@@H](c1cncc(F)c1)[C@H]1CCNC1. The van der Waals surface area contributed by atoms with Crippen molar-refractivity contribution in [2.24, 2.45) is 5.92 Å². The monoisotopic (exact) mass is 320 g/mol. The quantitative estimate of drug-likeness (QED) is 0.927. The van der Waals surface area contributed by atoms with Crippen molar-refractivity contribution >= 4 is 11.6 Å². The van der Waals surface area contributed by atoms with Gasteiger partial charge in [-0.1, -0.05) is 11.6 Å². The lowest BCUT2D eigenvalue weighted by atomic mass is 9.95. The number of rotatable bonds is 4. The molecule has 3 nitrogen and oxygen atoms in total. The first-order valence-electron chi connectivity index (χ1n) is 7.37. The fourth-order valence-electron chi connectivity index (χ4n) is 2.84. The maximum absolute atomic E-state index is 13.5. The molecule has 0 bridgehead atoms. The van der Waals surface area contributed by atoms with Gasteiger partial charge in [-0.25, -0.2) is 4.39 Å². The van der Waals surface area contributed by atoms with Crippen molar-refractivity contribution in [2.45, 2.75) is 19.4 Å². The Hall–Kier alpha value is -1.65. The fourth-order valence-corrected chi connectivity index (χ4v) is 3.06. The summed E-state index contributed by atoms with van der Waals surface area (Å²) in [6, 6.07) is 7.03. The Kier molecular flexibility index (Phi) is 4.60. The molecule has 116 valence electrons. The second kappa shape index (κ2) is 6.63. The Bertz CT molecular complexity index is 659. The van der Waals surface area contributed by atoms with E-state index < -0.39 is 0 Å². The summed E-state index contributed by atoms with van der Waals surface area (Å²) in [5.41, 5.74) is 1.73. The number of aryl methyl sites for hydroxylation is 1. The zero-order valence-electron chi connectivity index (χ0n) is 12.4. The summed E-state index contributed by atoms with van der Waals surface area (Å²) >= 11 is 5.99. The number of hydrogen-bond acceptors (Lipinski definition) is 3. The van der Waals surface area contributed by atoms with Crippen LogP contribution in [0.15, 0.2) is 36.7 Å². The van der Waals surface area contributed by atoms with Crippen LogP contribution in [0.4, 0.5) is 4.39 Å². The fraction of sp³-hybridized carbons (Fsp3) is 0.353. The molecule has 0 aliphatic carbocycles. The van der Waals surface area contributed by atoms with E-state index in [0.717, 1.165) is 36.4 Å². The summed E-state index contributed by atoms with van der Waals surface area (Å²) < 4.78 is 19.8. The topological polar surface area (TPSA) is 34.1 Å². The van der Waals surface area contributed by atoms with Crippen molar-refractivity contribution in [3.05, 3.63) is 58.6 Å². The van der Waals surface area contributed by atoms with Crippen LogP contribution >= 0.6 is 11.6 Å². The van der Waals surface area contributed by atoms with E-state index in [0.29, 0.717) is 10.9 Å². The van der Waals surface area contributed by atoms with Crippen molar-refractivity contribution in [3.63, 3.8) is 0 Å². The largest absolute Gasteiger partial charge is 0.485 e. The number of nitrogens with zero attached hydrogens (tertiary/aromatic N) is 1. The van der Waals surface area contributed by atoms with E-state index in [1.54, 1.807) is 12.3 Å². The minimum absolute atomic E-state index is 0.224. The van der Waals surface area contributed by atoms with Crippen LogP contribution in [-0.4, -0.2) is 18.1 Å². The number of benzene rings is 1. The van der Waals surface area contributed by atoms with Crippen LogP contribution in [0.25, 0.3) is 0 Å². The summed E-state index contributed by atoms with van der Waals surface area (Å²) in [5, 5.41) is 4.01. The van der Waals surface area contributed by atoms with Crippen molar-refractivity contribution < 1.29 is 9.13 Å². The maximum Gasteiger partial charge on any atom is 0.141 e. The third-order valence-corrected chi connectivity index (χ3v) is 4.21. The minimum atomic E-state index is -0.343. The van der Waals surface area contributed by atoms with E-state index in [1.165, 1.54) is 12.3 Å². The molecule has 1 aromatic heterocycles.